The average molecular weight is 428 g/mol. The number of nitrogens with zero attached hydrogens (tertiary/aromatic N) is 3. The summed E-state index contributed by atoms with van der Waals surface area (Å²) in [5.74, 6) is -0.238. The van der Waals surface area contributed by atoms with E-state index in [1.807, 2.05) is 24.0 Å². The molecule has 2 aromatic rings. The van der Waals surface area contributed by atoms with Crippen LogP contribution in [-0.2, 0) is 4.74 Å². The highest BCUT2D eigenvalue weighted by Gasteiger charge is 2.29. The van der Waals surface area contributed by atoms with E-state index in [2.05, 4.69) is 9.88 Å². The molecule has 6 nitrogen and oxygen atoms in total. The van der Waals surface area contributed by atoms with Crippen LogP contribution in [0.4, 0.5) is 0 Å². The number of ether oxygens (including phenoxy) is 1. The number of hydrogen-bond donors (Lipinski definition) is 0. The van der Waals surface area contributed by atoms with E-state index in [9.17, 15) is 9.59 Å². The number of piperazine rings is 1. The van der Waals surface area contributed by atoms with Crippen molar-refractivity contribution in [2.45, 2.75) is 45.6 Å². The van der Waals surface area contributed by atoms with Crippen molar-refractivity contribution in [3.05, 3.63) is 40.4 Å². The normalized spacial score (nSPS) is 18.0. The first-order chi connectivity index (χ1) is 14.6. The molecule has 0 radical (unpaired) electrons. The van der Waals surface area contributed by atoms with E-state index in [0.29, 0.717) is 17.0 Å². The molecule has 1 aliphatic carbocycles. The van der Waals surface area contributed by atoms with E-state index in [-0.39, 0.29) is 11.9 Å². The summed E-state index contributed by atoms with van der Waals surface area (Å²) in [5, 5.41) is 0.802. The van der Waals surface area contributed by atoms with E-state index >= 15 is 0 Å². The lowest BCUT2D eigenvalue weighted by Gasteiger charge is -2.37. The van der Waals surface area contributed by atoms with Gasteiger partial charge in [-0.2, -0.15) is 0 Å². The second-order valence-corrected chi connectivity index (χ2v) is 9.00. The van der Waals surface area contributed by atoms with Gasteiger partial charge in [-0.05, 0) is 38.8 Å². The second-order valence-electron chi connectivity index (χ2n) is 8.00. The van der Waals surface area contributed by atoms with Crippen LogP contribution in [0.3, 0.4) is 0 Å². The number of carbonyl (C=O) groups is 2. The van der Waals surface area contributed by atoms with Crippen molar-refractivity contribution in [2.24, 2.45) is 0 Å². The Morgan fingerprint density at radius 2 is 1.77 bits per heavy atom. The molecule has 2 aliphatic rings. The Kier molecular flexibility index (Phi) is 6.49. The average Bonchev–Trinajstić information content (AvgIpc) is 3.44. The summed E-state index contributed by atoms with van der Waals surface area (Å²) in [4.78, 5) is 34.8. The van der Waals surface area contributed by atoms with Crippen LogP contribution in [0.2, 0.25) is 0 Å². The minimum absolute atomic E-state index is 0.0884. The summed E-state index contributed by atoms with van der Waals surface area (Å²) in [6, 6.07) is 7.93. The minimum atomic E-state index is -0.327. The molecule has 30 heavy (non-hydrogen) atoms. The Bertz CT molecular complexity index is 895. The molecule has 160 valence electrons. The molecule has 0 bridgehead atoms. The molecule has 1 aliphatic heterocycles. The number of aromatic nitrogens is 1. The van der Waals surface area contributed by atoms with Crippen molar-refractivity contribution >= 4 is 23.2 Å². The zero-order valence-electron chi connectivity index (χ0n) is 17.7. The third-order valence-corrected chi connectivity index (χ3v) is 7.27. The summed E-state index contributed by atoms with van der Waals surface area (Å²) in [6.07, 6.45) is 5.29. The first-order valence-corrected chi connectivity index (χ1v) is 11.7. The molecule has 1 aromatic heterocycles. The first-order valence-electron chi connectivity index (χ1n) is 10.8. The molecule has 2 fully saturated rings. The molecule has 0 spiro atoms. The summed E-state index contributed by atoms with van der Waals surface area (Å²) in [6.45, 7) is 7.55. The molecule has 0 N–H and O–H groups in total. The smallest absolute Gasteiger partial charge is 0.338 e. The predicted molar refractivity (Wildman–Crippen MR) is 118 cm³/mol. The van der Waals surface area contributed by atoms with Gasteiger partial charge in [-0.15, -0.1) is 11.3 Å². The SMILES string of the molecule is CCOC(=O)c1ccc(-c2nc(C)c(C(=O)N3CCN(C4CCCC4)CC3)s2)cc1. The van der Waals surface area contributed by atoms with E-state index in [1.54, 1.807) is 19.1 Å². The highest BCUT2D eigenvalue weighted by molar-refractivity contribution is 7.17. The van der Waals surface area contributed by atoms with Crippen molar-refractivity contribution < 1.29 is 14.3 Å². The Balaban J connectivity index is 1.42. The maximum absolute atomic E-state index is 13.1. The van der Waals surface area contributed by atoms with Crippen LogP contribution < -0.4 is 0 Å². The Morgan fingerprint density at radius 1 is 1.10 bits per heavy atom. The molecular formula is C23H29N3O3S. The highest BCUT2D eigenvalue weighted by Crippen LogP contribution is 2.30. The van der Waals surface area contributed by atoms with Crippen molar-refractivity contribution in [2.75, 3.05) is 32.8 Å². The molecule has 0 unspecified atom stereocenters. The monoisotopic (exact) mass is 427 g/mol. The predicted octanol–water partition coefficient (Wildman–Crippen LogP) is 4.00. The largest absolute Gasteiger partial charge is 0.462 e. The van der Waals surface area contributed by atoms with Crippen molar-refractivity contribution in [3.8, 4) is 10.6 Å². The van der Waals surface area contributed by atoms with Gasteiger partial charge in [0.1, 0.15) is 9.88 Å². The fourth-order valence-corrected chi connectivity index (χ4v) is 5.42. The van der Waals surface area contributed by atoms with Crippen molar-refractivity contribution in [1.29, 1.82) is 0 Å². The molecular weight excluding hydrogens is 398 g/mol. The minimum Gasteiger partial charge on any atom is -0.462 e. The van der Waals surface area contributed by atoms with Crippen molar-refractivity contribution in [1.82, 2.24) is 14.8 Å². The number of carbonyl (C=O) groups excluding carboxylic acids is 2. The zero-order valence-corrected chi connectivity index (χ0v) is 18.5. The van der Waals surface area contributed by atoms with Crippen LogP contribution in [0.1, 0.15) is 58.3 Å². The highest BCUT2D eigenvalue weighted by atomic mass is 32.1. The van der Waals surface area contributed by atoms with Crippen LogP contribution in [0.25, 0.3) is 10.6 Å². The molecule has 1 amide bonds. The van der Waals surface area contributed by atoms with Crippen LogP contribution in [0.15, 0.2) is 24.3 Å². The molecule has 7 heteroatoms. The molecule has 0 atom stereocenters. The van der Waals surface area contributed by atoms with Crippen LogP contribution >= 0.6 is 11.3 Å². The number of thiazole rings is 1. The van der Waals surface area contributed by atoms with Gasteiger partial charge >= 0.3 is 5.97 Å². The van der Waals surface area contributed by atoms with Gasteiger partial charge in [-0.3, -0.25) is 9.69 Å². The van der Waals surface area contributed by atoms with Crippen molar-refractivity contribution in [3.63, 3.8) is 0 Å². The number of benzene rings is 1. The summed E-state index contributed by atoms with van der Waals surface area (Å²) in [5.41, 5.74) is 2.19. The maximum Gasteiger partial charge on any atom is 0.338 e. The van der Waals surface area contributed by atoms with Gasteiger partial charge in [0.25, 0.3) is 5.91 Å². The molecule has 1 saturated heterocycles. The van der Waals surface area contributed by atoms with Gasteiger partial charge in [0, 0.05) is 37.8 Å². The lowest BCUT2D eigenvalue weighted by atomic mass is 10.1. The van der Waals surface area contributed by atoms with Crippen LogP contribution in [0, 0.1) is 6.92 Å². The van der Waals surface area contributed by atoms with Gasteiger partial charge in [-0.1, -0.05) is 25.0 Å². The van der Waals surface area contributed by atoms with Gasteiger partial charge in [0.15, 0.2) is 0 Å². The van der Waals surface area contributed by atoms with E-state index in [1.165, 1.54) is 37.0 Å². The second kappa shape index (κ2) is 9.27. The lowest BCUT2D eigenvalue weighted by Crippen LogP contribution is -2.51. The summed E-state index contributed by atoms with van der Waals surface area (Å²) in [7, 11) is 0. The number of aryl methyl sites for hydroxylation is 1. The van der Waals surface area contributed by atoms with Crippen LogP contribution in [-0.4, -0.2) is 65.5 Å². The summed E-state index contributed by atoms with van der Waals surface area (Å²) >= 11 is 1.43. The molecule has 1 saturated carbocycles. The zero-order chi connectivity index (χ0) is 21.1. The van der Waals surface area contributed by atoms with Gasteiger partial charge in [-0.25, -0.2) is 9.78 Å². The quantitative estimate of drug-likeness (QED) is 0.675. The molecule has 1 aromatic carbocycles. The van der Waals surface area contributed by atoms with Gasteiger partial charge < -0.3 is 9.64 Å². The molecule has 2 heterocycles. The number of rotatable bonds is 5. The van der Waals surface area contributed by atoms with E-state index in [0.717, 1.165) is 48.5 Å². The van der Waals surface area contributed by atoms with Gasteiger partial charge in [0.05, 0.1) is 17.9 Å². The van der Waals surface area contributed by atoms with Gasteiger partial charge in [0.2, 0.25) is 0 Å². The molecule has 4 rings (SSSR count). The fourth-order valence-electron chi connectivity index (χ4n) is 4.38. The van der Waals surface area contributed by atoms with E-state index < -0.39 is 0 Å². The number of hydrogen-bond acceptors (Lipinski definition) is 6. The topological polar surface area (TPSA) is 62.7 Å². The standard InChI is InChI=1S/C23H29N3O3S/c1-3-29-23(28)18-10-8-17(9-11-18)21-24-16(2)20(30-21)22(27)26-14-12-25(13-15-26)19-6-4-5-7-19/h8-11,19H,3-7,12-15H2,1-2H3. The fraction of sp³-hybridized carbons (Fsp3) is 0.522. The number of esters is 1. The Morgan fingerprint density at radius 3 is 2.40 bits per heavy atom. The lowest BCUT2D eigenvalue weighted by molar-refractivity contribution is 0.0525. The third-order valence-electron chi connectivity index (χ3n) is 6.08. The van der Waals surface area contributed by atoms with E-state index in [4.69, 9.17) is 4.74 Å². The first kappa shape index (κ1) is 21.0. The summed E-state index contributed by atoms with van der Waals surface area (Å²) < 4.78 is 5.03. The third kappa shape index (κ3) is 4.42. The van der Waals surface area contributed by atoms with Crippen LogP contribution in [0.5, 0.6) is 0 Å². The number of amides is 1. The Labute approximate surface area is 181 Å². The Hall–Kier alpha value is -2.25. The maximum atomic E-state index is 13.1.